The number of carbonyl (C=O) groups excluding carboxylic acids is 1. The Morgan fingerprint density at radius 2 is 2.06 bits per heavy atom. The molecule has 0 fully saturated rings. The molecule has 0 radical (unpaired) electrons. The van der Waals surface area contributed by atoms with Crippen molar-refractivity contribution in [2.24, 2.45) is 0 Å². The summed E-state index contributed by atoms with van der Waals surface area (Å²) >= 11 is 0. The highest BCUT2D eigenvalue weighted by atomic mass is 16.5. The number of ether oxygens (including phenoxy) is 2. The smallest absolute Gasteiger partial charge is 0.326 e. The summed E-state index contributed by atoms with van der Waals surface area (Å²) in [5, 5.41) is 3.01. The van der Waals surface area contributed by atoms with Gasteiger partial charge < -0.3 is 14.8 Å². The van der Waals surface area contributed by atoms with Crippen LogP contribution in [0.15, 0.2) is 0 Å². The van der Waals surface area contributed by atoms with E-state index in [1.807, 2.05) is 13.8 Å². The lowest BCUT2D eigenvalue weighted by atomic mass is 9.99. The molecule has 0 aliphatic rings. The van der Waals surface area contributed by atoms with Crippen molar-refractivity contribution < 1.29 is 14.3 Å². The lowest BCUT2D eigenvalue weighted by molar-refractivity contribution is -0.151. The second kappa shape index (κ2) is 8.48. The Morgan fingerprint density at radius 3 is 2.53 bits per heavy atom. The van der Waals surface area contributed by atoms with E-state index in [4.69, 9.17) is 9.47 Å². The third-order valence-electron chi connectivity index (χ3n) is 2.98. The fourth-order valence-electron chi connectivity index (χ4n) is 1.57. The van der Waals surface area contributed by atoms with E-state index in [1.54, 1.807) is 7.05 Å². The van der Waals surface area contributed by atoms with E-state index in [0.717, 1.165) is 12.8 Å². The predicted octanol–water partition coefficient (Wildman–Crippen LogP) is 2.12. The quantitative estimate of drug-likeness (QED) is 0.632. The summed E-state index contributed by atoms with van der Waals surface area (Å²) in [7, 11) is 1.77. The van der Waals surface area contributed by atoms with Crippen molar-refractivity contribution in [1.29, 1.82) is 0 Å². The Labute approximate surface area is 105 Å². The number of likely N-dealkylation sites (N-methyl/N-ethyl adjacent to an activating group) is 1. The van der Waals surface area contributed by atoms with Crippen LogP contribution in [0.25, 0.3) is 0 Å². The zero-order valence-electron chi connectivity index (χ0n) is 11.8. The molecule has 0 aromatic rings. The first-order valence-electron chi connectivity index (χ1n) is 6.47. The van der Waals surface area contributed by atoms with Crippen molar-refractivity contribution in [2.45, 2.75) is 58.6 Å². The second-order valence-electron chi connectivity index (χ2n) is 4.52. The Balaban J connectivity index is 4.07. The molecule has 0 amide bonds. The molecule has 2 atom stereocenters. The molecular weight excluding hydrogens is 218 g/mol. The van der Waals surface area contributed by atoms with Crippen LogP contribution >= 0.6 is 0 Å². The number of esters is 1. The molecule has 0 aromatic carbocycles. The molecule has 0 saturated carbocycles. The number of hydrogen-bond donors (Lipinski definition) is 1. The monoisotopic (exact) mass is 245 g/mol. The highest BCUT2D eigenvalue weighted by Crippen LogP contribution is 2.13. The summed E-state index contributed by atoms with van der Waals surface area (Å²) < 4.78 is 10.7. The summed E-state index contributed by atoms with van der Waals surface area (Å²) in [4.78, 5) is 11.8. The van der Waals surface area contributed by atoms with Crippen LogP contribution in [-0.4, -0.2) is 37.9 Å². The first-order valence-corrected chi connectivity index (χ1v) is 6.47. The van der Waals surface area contributed by atoms with E-state index in [0.29, 0.717) is 19.6 Å². The van der Waals surface area contributed by atoms with Crippen LogP contribution in [0.1, 0.15) is 47.0 Å². The SMILES string of the molecule is CCCC(C)OCCC(C)(NC)C(=O)OCC. The normalized spacial score (nSPS) is 16.3. The van der Waals surface area contributed by atoms with Crippen molar-refractivity contribution in [3.63, 3.8) is 0 Å². The minimum absolute atomic E-state index is 0.214. The van der Waals surface area contributed by atoms with Crippen molar-refractivity contribution >= 4 is 5.97 Å². The Kier molecular flexibility index (Phi) is 8.17. The summed E-state index contributed by atoms with van der Waals surface area (Å²) in [5.41, 5.74) is -0.651. The molecule has 0 bridgehead atoms. The van der Waals surface area contributed by atoms with Crippen LogP contribution in [0.2, 0.25) is 0 Å². The van der Waals surface area contributed by atoms with Crippen LogP contribution in [-0.2, 0) is 14.3 Å². The molecule has 102 valence electrons. The van der Waals surface area contributed by atoms with Gasteiger partial charge in [-0.05, 0) is 40.7 Å². The molecule has 1 N–H and O–H groups in total. The average molecular weight is 245 g/mol. The van der Waals surface area contributed by atoms with Gasteiger partial charge in [-0.1, -0.05) is 13.3 Å². The van der Waals surface area contributed by atoms with E-state index in [1.165, 1.54) is 0 Å². The van der Waals surface area contributed by atoms with Gasteiger partial charge in [0.2, 0.25) is 0 Å². The number of nitrogens with one attached hydrogen (secondary N) is 1. The predicted molar refractivity (Wildman–Crippen MR) is 69.0 cm³/mol. The van der Waals surface area contributed by atoms with Crippen molar-refractivity contribution in [3.05, 3.63) is 0 Å². The third-order valence-corrected chi connectivity index (χ3v) is 2.98. The highest BCUT2D eigenvalue weighted by molar-refractivity contribution is 5.80. The Morgan fingerprint density at radius 1 is 1.41 bits per heavy atom. The standard InChI is InChI=1S/C13H27NO3/c1-6-8-11(3)17-10-9-13(4,14-5)12(15)16-7-2/h11,14H,6-10H2,1-5H3. The summed E-state index contributed by atoms with van der Waals surface area (Å²) in [6.45, 7) is 8.83. The molecule has 0 aliphatic heterocycles. The largest absolute Gasteiger partial charge is 0.465 e. The van der Waals surface area contributed by atoms with Gasteiger partial charge >= 0.3 is 5.97 Å². The number of hydrogen-bond acceptors (Lipinski definition) is 4. The van der Waals surface area contributed by atoms with Gasteiger partial charge in [-0.25, -0.2) is 0 Å². The zero-order valence-corrected chi connectivity index (χ0v) is 11.8. The van der Waals surface area contributed by atoms with E-state index in [-0.39, 0.29) is 12.1 Å². The molecule has 0 aliphatic carbocycles. The molecule has 0 heterocycles. The average Bonchev–Trinajstić information content (AvgIpc) is 2.29. The molecule has 0 aromatic heterocycles. The van der Waals surface area contributed by atoms with Gasteiger partial charge in [0.1, 0.15) is 5.54 Å². The maximum Gasteiger partial charge on any atom is 0.326 e. The van der Waals surface area contributed by atoms with Gasteiger partial charge in [-0.3, -0.25) is 4.79 Å². The van der Waals surface area contributed by atoms with Crippen LogP contribution in [0.3, 0.4) is 0 Å². The van der Waals surface area contributed by atoms with Gasteiger partial charge in [0.05, 0.1) is 12.7 Å². The molecule has 4 nitrogen and oxygen atoms in total. The Bertz CT molecular complexity index is 221. The maximum absolute atomic E-state index is 11.8. The highest BCUT2D eigenvalue weighted by Gasteiger charge is 2.32. The minimum atomic E-state index is -0.651. The van der Waals surface area contributed by atoms with Crippen LogP contribution in [0.5, 0.6) is 0 Å². The molecule has 0 rings (SSSR count). The molecule has 2 unspecified atom stereocenters. The van der Waals surface area contributed by atoms with Crippen molar-refractivity contribution in [1.82, 2.24) is 5.32 Å². The first kappa shape index (κ1) is 16.4. The second-order valence-corrected chi connectivity index (χ2v) is 4.52. The number of rotatable bonds is 9. The topological polar surface area (TPSA) is 47.6 Å². The van der Waals surface area contributed by atoms with Gasteiger partial charge in [0, 0.05) is 6.61 Å². The van der Waals surface area contributed by atoms with Crippen LogP contribution in [0, 0.1) is 0 Å². The molecule has 0 saturated heterocycles. The summed E-state index contributed by atoms with van der Waals surface area (Å²) in [5.74, 6) is -0.214. The molecular formula is C13H27NO3. The summed E-state index contributed by atoms with van der Waals surface area (Å²) in [6, 6.07) is 0. The van der Waals surface area contributed by atoms with E-state index < -0.39 is 5.54 Å². The zero-order chi connectivity index (χ0) is 13.3. The van der Waals surface area contributed by atoms with Gasteiger partial charge in [-0.15, -0.1) is 0 Å². The maximum atomic E-state index is 11.8. The van der Waals surface area contributed by atoms with Gasteiger partial charge in [-0.2, -0.15) is 0 Å². The lowest BCUT2D eigenvalue weighted by Gasteiger charge is -2.27. The molecule has 0 spiro atoms. The van der Waals surface area contributed by atoms with E-state index in [2.05, 4.69) is 19.2 Å². The van der Waals surface area contributed by atoms with Crippen LogP contribution < -0.4 is 5.32 Å². The van der Waals surface area contributed by atoms with Crippen molar-refractivity contribution in [2.75, 3.05) is 20.3 Å². The third kappa shape index (κ3) is 6.03. The van der Waals surface area contributed by atoms with Gasteiger partial charge in [0.25, 0.3) is 0 Å². The molecule has 17 heavy (non-hydrogen) atoms. The lowest BCUT2D eigenvalue weighted by Crippen LogP contribution is -2.49. The minimum Gasteiger partial charge on any atom is -0.465 e. The van der Waals surface area contributed by atoms with Crippen LogP contribution in [0.4, 0.5) is 0 Å². The summed E-state index contributed by atoms with van der Waals surface area (Å²) in [6.07, 6.45) is 3.04. The first-order chi connectivity index (χ1) is 8.00. The van der Waals surface area contributed by atoms with E-state index >= 15 is 0 Å². The molecule has 4 heteroatoms. The van der Waals surface area contributed by atoms with Gasteiger partial charge in [0.15, 0.2) is 0 Å². The number of carbonyl (C=O) groups is 1. The van der Waals surface area contributed by atoms with E-state index in [9.17, 15) is 4.79 Å². The fourth-order valence-corrected chi connectivity index (χ4v) is 1.57. The Hall–Kier alpha value is -0.610. The fraction of sp³-hybridized carbons (Fsp3) is 0.923. The van der Waals surface area contributed by atoms with Crippen molar-refractivity contribution in [3.8, 4) is 0 Å².